The lowest BCUT2D eigenvalue weighted by Gasteiger charge is -2.09. The largest absolute Gasteiger partial charge is 0.358 e. The molecule has 2 aromatic rings. The summed E-state index contributed by atoms with van der Waals surface area (Å²) in [6.07, 6.45) is 5.65. The fraction of sp³-hybridized carbons (Fsp3) is 0.462. The van der Waals surface area contributed by atoms with Crippen LogP contribution < -0.4 is 10.6 Å². The Kier molecular flexibility index (Phi) is 4.73. The van der Waals surface area contributed by atoms with Crippen molar-refractivity contribution < 1.29 is 0 Å². The highest BCUT2D eigenvalue weighted by molar-refractivity contribution is 7.80. The second-order valence-corrected chi connectivity index (χ2v) is 4.88. The van der Waals surface area contributed by atoms with E-state index in [1.165, 1.54) is 0 Å². The molecule has 0 aromatic carbocycles. The molecule has 6 nitrogen and oxygen atoms in total. The number of rotatable bonds is 5. The molecule has 0 bridgehead atoms. The van der Waals surface area contributed by atoms with Crippen LogP contribution >= 0.6 is 12.2 Å². The van der Waals surface area contributed by atoms with E-state index in [9.17, 15) is 0 Å². The Balaban J connectivity index is 1.87. The van der Waals surface area contributed by atoms with Crippen molar-refractivity contribution in [3.8, 4) is 0 Å². The SMILES string of the molecule is CCn1cc(CNC(=S)Nc2cnn(CC)c2C)cn1. The molecule has 0 amide bonds. The number of thiocarbonyl (C=S) groups is 1. The van der Waals surface area contributed by atoms with Crippen molar-refractivity contribution in [2.75, 3.05) is 5.32 Å². The van der Waals surface area contributed by atoms with Gasteiger partial charge in [-0.3, -0.25) is 9.36 Å². The summed E-state index contributed by atoms with van der Waals surface area (Å²) >= 11 is 5.29. The topological polar surface area (TPSA) is 59.7 Å². The van der Waals surface area contributed by atoms with Crippen LogP contribution in [0.3, 0.4) is 0 Å². The number of hydrogen-bond donors (Lipinski definition) is 2. The summed E-state index contributed by atoms with van der Waals surface area (Å²) in [5, 5.41) is 15.4. The van der Waals surface area contributed by atoms with E-state index in [0.29, 0.717) is 11.7 Å². The van der Waals surface area contributed by atoms with Crippen molar-refractivity contribution in [2.24, 2.45) is 0 Å². The molecule has 0 aliphatic heterocycles. The fourth-order valence-corrected chi connectivity index (χ4v) is 2.09. The normalized spacial score (nSPS) is 10.6. The van der Waals surface area contributed by atoms with E-state index in [1.54, 1.807) is 6.20 Å². The van der Waals surface area contributed by atoms with Gasteiger partial charge >= 0.3 is 0 Å². The highest BCUT2D eigenvalue weighted by Gasteiger charge is 2.06. The van der Waals surface area contributed by atoms with Gasteiger partial charge < -0.3 is 10.6 Å². The first-order valence-electron chi connectivity index (χ1n) is 6.72. The molecule has 0 radical (unpaired) electrons. The van der Waals surface area contributed by atoms with Crippen LogP contribution in [0.5, 0.6) is 0 Å². The van der Waals surface area contributed by atoms with Crippen LogP contribution in [0.1, 0.15) is 25.1 Å². The summed E-state index contributed by atoms with van der Waals surface area (Å²) in [7, 11) is 0. The second-order valence-electron chi connectivity index (χ2n) is 4.47. The lowest BCUT2D eigenvalue weighted by Crippen LogP contribution is -2.27. The molecule has 0 fully saturated rings. The molecule has 2 heterocycles. The Morgan fingerprint density at radius 3 is 2.65 bits per heavy atom. The zero-order chi connectivity index (χ0) is 14.5. The van der Waals surface area contributed by atoms with Crippen molar-refractivity contribution in [3.63, 3.8) is 0 Å². The van der Waals surface area contributed by atoms with Crippen LogP contribution in [0.2, 0.25) is 0 Å². The van der Waals surface area contributed by atoms with Crippen LogP contribution in [0, 0.1) is 6.92 Å². The van der Waals surface area contributed by atoms with Crippen LogP contribution in [0.15, 0.2) is 18.6 Å². The molecule has 0 aliphatic carbocycles. The minimum absolute atomic E-state index is 0.591. The molecular weight excluding hydrogens is 272 g/mol. The highest BCUT2D eigenvalue weighted by atomic mass is 32.1. The number of nitrogens with zero attached hydrogens (tertiary/aromatic N) is 4. The first-order valence-corrected chi connectivity index (χ1v) is 7.13. The monoisotopic (exact) mass is 292 g/mol. The Labute approximate surface area is 124 Å². The van der Waals surface area contributed by atoms with Crippen LogP contribution in [-0.4, -0.2) is 24.7 Å². The molecule has 108 valence electrons. The molecule has 2 aromatic heterocycles. The van der Waals surface area contributed by atoms with Crippen molar-refractivity contribution in [1.82, 2.24) is 24.9 Å². The van der Waals surface area contributed by atoms with E-state index >= 15 is 0 Å². The Morgan fingerprint density at radius 2 is 2.05 bits per heavy atom. The fourth-order valence-electron chi connectivity index (χ4n) is 1.91. The predicted molar refractivity (Wildman–Crippen MR) is 83.6 cm³/mol. The molecule has 20 heavy (non-hydrogen) atoms. The molecule has 0 atom stereocenters. The van der Waals surface area contributed by atoms with E-state index in [0.717, 1.165) is 30.0 Å². The summed E-state index contributed by atoms with van der Waals surface area (Å²) < 4.78 is 3.82. The van der Waals surface area contributed by atoms with E-state index in [1.807, 2.05) is 28.7 Å². The van der Waals surface area contributed by atoms with Gasteiger partial charge in [-0.2, -0.15) is 10.2 Å². The molecule has 0 spiro atoms. The minimum atomic E-state index is 0.591. The minimum Gasteiger partial charge on any atom is -0.358 e. The Morgan fingerprint density at radius 1 is 1.25 bits per heavy atom. The van der Waals surface area contributed by atoms with Gasteiger partial charge in [0, 0.05) is 31.4 Å². The van der Waals surface area contributed by atoms with Gasteiger partial charge in [-0.15, -0.1) is 0 Å². The van der Waals surface area contributed by atoms with Gasteiger partial charge in [0.2, 0.25) is 0 Å². The van der Waals surface area contributed by atoms with Crippen LogP contribution in [-0.2, 0) is 19.6 Å². The molecule has 0 aliphatic rings. The van der Waals surface area contributed by atoms with Gasteiger partial charge in [-0.05, 0) is 33.0 Å². The number of nitrogens with one attached hydrogen (secondary N) is 2. The summed E-state index contributed by atoms with van der Waals surface area (Å²) in [4.78, 5) is 0. The lowest BCUT2D eigenvalue weighted by atomic mass is 10.3. The maximum absolute atomic E-state index is 5.29. The van der Waals surface area contributed by atoms with Gasteiger partial charge in [0.05, 0.1) is 23.8 Å². The summed E-state index contributed by atoms with van der Waals surface area (Å²) in [6.45, 7) is 8.53. The number of hydrogen-bond acceptors (Lipinski definition) is 3. The zero-order valence-electron chi connectivity index (χ0n) is 12.1. The molecule has 2 N–H and O–H groups in total. The summed E-state index contributed by atoms with van der Waals surface area (Å²) in [5.74, 6) is 0. The first-order chi connectivity index (χ1) is 9.63. The maximum Gasteiger partial charge on any atom is 0.171 e. The first kappa shape index (κ1) is 14.5. The number of anilines is 1. The molecule has 0 unspecified atom stereocenters. The summed E-state index contributed by atoms with van der Waals surface area (Å²) in [5.41, 5.74) is 3.13. The van der Waals surface area contributed by atoms with Crippen LogP contribution in [0.4, 0.5) is 5.69 Å². The van der Waals surface area contributed by atoms with Gasteiger partial charge in [0.25, 0.3) is 0 Å². The number of aryl methyl sites for hydroxylation is 2. The van der Waals surface area contributed by atoms with Gasteiger partial charge in [0.1, 0.15) is 0 Å². The third kappa shape index (κ3) is 3.36. The number of aromatic nitrogens is 4. The second kappa shape index (κ2) is 6.51. The molecule has 0 saturated carbocycles. The standard InChI is InChI=1S/C13H20N6S/c1-4-18-9-11(7-15-18)6-14-13(20)17-12-8-16-19(5-2)10(12)3/h7-9H,4-6H2,1-3H3,(H2,14,17,20). The smallest absolute Gasteiger partial charge is 0.171 e. The quantitative estimate of drug-likeness (QED) is 0.825. The molecule has 0 saturated heterocycles. The van der Waals surface area contributed by atoms with Crippen molar-refractivity contribution in [1.29, 1.82) is 0 Å². The van der Waals surface area contributed by atoms with E-state index in [4.69, 9.17) is 12.2 Å². The van der Waals surface area contributed by atoms with E-state index in [2.05, 4.69) is 34.7 Å². The van der Waals surface area contributed by atoms with Crippen molar-refractivity contribution in [3.05, 3.63) is 29.8 Å². The van der Waals surface area contributed by atoms with E-state index < -0.39 is 0 Å². The molecular formula is C13H20N6S. The third-order valence-corrected chi connectivity index (χ3v) is 3.36. The van der Waals surface area contributed by atoms with Crippen molar-refractivity contribution >= 4 is 23.0 Å². The Hall–Kier alpha value is -1.89. The zero-order valence-corrected chi connectivity index (χ0v) is 12.9. The third-order valence-electron chi connectivity index (χ3n) is 3.11. The average molecular weight is 292 g/mol. The summed E-state index contributed by atoms with van der Waals surface area (Å²) in [6, 6.07) is 0. The maximum atomic E-state index is 5.29. The predicted octanol–water partition coefficient (Wildman–Crippen LogP) is 1.91. The Bertz CT molecular complexity index is 585. The van der Waals surface area contributed by atoms with Gasteiger partial charge in [-0.25, -0.2) is 0 Å². The van der Waals surface area contributed by atoms with Crippen LogP contribution in [0.25, 0.3) is 0 Å². The lowest BCUT2D eigenvalue weighted by molar-refractivity contribution is 0.640. The highest BCUT2D eigenvalue weighted by Crippen LogP contribution is 2.13. The van der Waals surface area contributed by atoms with Crippen molar-refractivity contribution in [2.45, 2.75) is 40.4 Å². The van der Waals surface area contributed by atoms with Gasteiger partial charge in [0.15, 0.2) is 5.11 Å². The van der Waals surface area contributed by atoms with Gasteiger partial charge in [-0.1, -0.05) is 0 Å². The average Bonchev–Trinajstić information content (AvgIpc) is 3.04. The molecule has 2 rings (SSSR count). The molecule has 7 heteroatoms. The van der Waals surface area contributed by atoms with E-state index in [-0.39, 0.29) is 0 Å².